The molecule has 0 aliphatic heterocycles. The minimum atomic E-state index is -0.455. The lowest BCUT2D eigenvalue weighted by Gasteiger charge is -2.41. The Morgan fingerprint density at radius 3 is 2.57 bits per heavy atom. The summed E-state index contributed by atoms with van der Waals surface area (Å²) < 4.78 is 1.80. The molecule has 1 aliphatic carbocycles. The van der Waals surface area contributed by atoms with Crippen molar-refractivity contribution in [2.24, 2.45) is 0 Å². The van der Waals surface area contributed by atoms with Crippen LogP contribution < -0.4 is 5.32 Å². The third-order valence-corrected chi connectivity index (χ3v) is 6.02. The van der Waals surface area contributed by atoms with E-state index in [2.05, 4.69) is 15.4 Å². The summed E-state index contributed by atoms with van der Waals surface area (Å²) in [6.07, 6.45) is 6.33. The van der Waals surface area contributed by atoms with Gasteiger partial charge < -0.3 is 5.32 Å². The molecule has 1 N–H and O–H groups in total. The number of hydrogen-bond acceptors (Lipinski definition) is 3. The Hall–Kier alpha value is -2.66. The summed E-state index contributed by atoms with van der Waals surface area (Å²) >= 11 is 6.02. The zero-order valence-electron chi connectivity index (χ0n) is 16.0. The van der Waals surface area contributed by atoms with E-state index in [0.717, 1.165) is 41.9 Å². The largest absolute Gasteiger partial charge is 0.349 e. The van der Waals surface area contributed by atoms with Crippen molar-refractivity contribution in [2.75, 3.05) is 0 Å². The average Bonchev–Trinajstić information content (AvgIpc) is 3.04. The van der Waals surface area contributed by atoms with Crippen molar-refractivity contribution in [3.8, 4) is 5.82 Å². The van der Waals surface area contributed by atoms with Gasteiger partial charge in [-0.15, -0.1) is 0 Å². The minimum Gasteiger partial charge on any atom is -0.349 e. The first-order chi connectivity index (χ1) is 13.5. The third-order valence-electron chi connectivity index (χ3n) is 5.77. The molecular weight excluding hydrogens is 372 g/mol. The molecule has 1 aromatic carbocycles. The standard InChI is InChI=1S/C22H23ClN4O/c1-15(19-14-25-27(16(19)2)20-6-3-4-13-24-20)26-21(28)22(11-5-12-22)17-7-9-18(23)10-8-17/h3-4,6-10,13-15H,5,11-12H2,1-2H3,(H,26,28). The molecule has 3 aromatic rings. The highest BCUT2D eigenvalue weighted by Crippen LogP contribution is 2.44. The number of halogens is 1. The number of hydrogen-bond donors (Lipinski definition) is 1. The van der Waals surface area contributed by atoms with Gasteiger partial charge in [0.2, 0.25) is 5.91 Å². The minimum absolute atomic E-state index is 0.0681. The van der Waals surface area contributed by atoms with Gasteiger partial charge in [0.05, 0.1) is 17.7 Å². The number of benzene rings is 1. The Balaban J connectivity index is 1.55. The SMILES string of the molecule is Cc1c(C(C)NC(=O)C2(c3ccc(Cl)cc3)CCC2)cnn1-c1ccccn1. The molecule has 1 aliphatic rings. The Kier molecular flexibility index (Phi) is 4.94. The van der Waals surface area contributed by atoms with Crippen LogP contribution in [0, 0.1) is 6.92 Å². The summed E-state index contributed by atoms with van der Waals surface area (Å²) in [5.74, 6) is 0.833. The summed E-state index contributed by atoms with van der Waals surface area (Å²) in [7, 11) is 0. The number of pyridine rings is 1. The average molecular weight is 395 g/mol. The zero-order chi connectivity index (χ0) is 19.7. The van der Waals surface area contributed by atoms with Crippen LogP contribution in [0.15, 0.2) is 54.9 Å². The van der Waals surface area contributed by atoms with Crippen molar-refractivity contribution in [1.82, 2.24) is 20.1 Å². The van der Waals surface area contributed by atoms with Crippen molar-refractivity contribution in [1.29, 1.82) is 0 Å². The van der Waals surface area contributed by atoms with Gasteiger partial charge in [0.25, 0.3) is 0 Å². The predicted molar refractivity (Wildman–Crippen MR) is 110 cm³/mol. The Morgan fingerprint density at radius 1 is 1.21 bits per heavy atom. The molecule has 144 valence electrons. The first kappa shape index (κ1) is 18.7. The van der Waals surface area contributed by atoms with Crippen LogP contribution in [-0.2, 0) is 10.2 Å². The Morgan fingerprint density at radius 2 is 1.96 bits per heavy atom. The number of carbonyl (C=O) groups excluding carboxylic acids is 1. The molecule has 1 atom stereocenters. The lowest BCUT2D eigenvalue weighted by molar-refractivity contribution is -0.130. The van der Waals surface area contributed by atoms with Crippen molar-refractivity contribution < 1.29 is 4.79 Å². The van der Waals surface area contributed by atoms with E-state index in [1.807, 2.05) is 62.5 Å². The number of aromatic nitrogens is 3. The molecule has 28 heavy (non-hydrogen) atoms. The maximum Gasteiger partial charge on any atom is 0.231 e. The van der Waals surface area contributed by atoms with E-state index < -0.39 is 5.41 Å². The first-order valence-electron chi connectivity index (χ1n) is 9.54. The van der Waals surface area contributed by atoms with E-state index in [4.69, 9.17) is 11.6 Å². The second kappa shape index (κ2) is 7.40. The highest BCUT2D eigenvalue weighted by Gasteiger charge is 2.46. The van der Waals surface area contributed by atoms with E-state index in [0.29, 0.717) is 5.02 Å². The molecule has 0 spiro atoms. The maximum absolute atomic E-state index is 13.2. The second-order valence-electron chi connectivity index (χ2n) is 7.42. The molecule has 0 bridgehead atoms. The summed E-state index contributed by atoms with van der Waals surface area (Å²) in [5, 5.41) is 8.36. The molecule has 1 unspecified atom stereocenters. The highest BCUT2D eigenvalue weighted by atomic mass is 35.5. The molecule has 5 nitrogen and oxygen atoms in total. The highest BCUT2D eigenvalue weighted by molar-refractivity contribution is 6.30. The van der Waals surface area contributed by atoms with Crippen LogP contribution in [0.2, 0.25) is 5.02 Å². The van der Waals surface area contributed by atoms with Crippen LogP contribution in [0.25, 0.3) is 5.82 Å². The molecular formula is C22H23ClN4O. The van der Waals surface area contributed by atoms with E-state index in [9.17, 15) is 4.79 Å². The van der Waals surface area contributed by atoms with E-state index in [1.54, 1.807) is 10.9 Å². The third kappa shape index (κ3) is 3.20. The Bertz CT molecular complexity index is 978. The van der Waals surface area contributed by atoms with Gasteiger partial charge in [0, 0.05) is 22.5 Å². The summed E-state index contributed by atoms with van der Waals surface area (Å²) in [4.78, 5) is 17.6. The topological polar surface area (TPSA) is 59.8 Å². The number of nitrogens with one attached hydrogen (secondary N) is 1. The van der Waals surface area contributed by atoms with Crippen LogP contribution in [0.3, 0.4) is 0 Å². The van der Waals surface area contributed by atoms with Crippen LogP contribution in [0.4, 0.5) is 0 Å². The van der Waals surface area contributed by atoms with Gasteiger partial charge in [-0.2, -0.15) is 5.10 Å². The maximum atomic E-state index is 13.2. The van der Waals surface area contributed by atoms with Gasteiger partial charge in [-0.3, -0.25) is 4.79 Å². The van der Waals surface area contributed by atoms with Crippen molar-refractivity contribution >= 4 is 17.5 Å². The van der Waals surface area contributed by atoms with Crippen molar-refractivity contribution in [3.05, 3.63) is 76.7 Å². The summed E-state index contributed by atoms with van der Waals surface area (Å²) in [6.45, 7) is 4.00. The lowest BCUT2D eigenvalue weighted by atomic mass is 9.63. The molecule has 6 heteroatoms. The summed E-state index contributed by atoms with van der Waals surface area (Å²) in [6, 6.07) is 13.2. The van der Waals surface area contributed by atoms with Gasteiger partial charge in [0.15, 0.2) is 5.82 Å². The zero-order valence-corrected chi connectivity index (χ0v) is 16.8. The van der Waals surface area contributed by atoms with Crippen LogP contribution >= 0.6 is 11.6 Å². The van der Waals surface area contributed by atoms with Gasteiger partial charge in [0.1, 0.15) is 0 Å². The molecule has 4 rings (SSSR count). The number of carbonyl (C=O) groups is 1. The molecule has 0 radical (unpaired) electrons. The van der Waals surface area contributed by atoms with E-state index in [1.165, 1.54) is 0 Å². The molecule has 1 fully saturated rings. The quantitative estimate of drug-likeness (QED) is 0.691. The fourth-order valence-corrected chi connectivity index (χ4v) is 4.04. The van der Waals surface area contributed by atoms with E-state index in [-0.39, 0.29) is 11.9 Å². The van der Waals surface area contributed by atoms with E-state index >= 15 is 0 Å². The van der Waals surface area contributed by atoms with Crippen LogP contribution in [0.1, 0.15) is 49.0 Å². The Labute approximate surface area is 169 Å². The molecule has 2 heterocycles. The molecule has 0 saturated heterocycles. The van der Waals surface area contributed by atoms with Gasteiger partial charge in [-0.05, 0) is 56.5 Å². The fourth-order valence-electron chi connectivity index (χ4n) is 3.92. The van der Waals surface area contributed by atoms with Gasteiger partial charge >= 0.3 is 0 Å². The van der Waals surface area contributed by atoms with Crippen LogP contribution in [-0.4, -0.2) is 20.7 Å². The van der Waals surface area contributed by atoms with Crippen molar-refractivity contribution in [2.45, 2.75) is 44.6 Å². The van der Waals surface area contributed by atoms with Crippen molar-refractivity contribution in [3.63, 3.8) is 0 Å². The lowest BCUT2D eigenvalue weighted by Crippen LogP contribution is -2.49. The first-order valence-corrected chi connectivity index (χ1v) is 9.92. The summed E-state index contributed by atoms with van der Waals surface area (Å²) in [5.41, 5.74) is 2.54. The van der Waals surface area contributed by atoms with Gasteiger partial charge in [-0.25, -0.2) is 9.67 Å². The number of rotatable bonds is 5. The molecule has 1 amide bonds. The second-order valence-corrected chi connectivity index (χ2v) is 7.86. The monoisotopic (exact) mass is 394 g/mol. The van der Waals surface area contributed by atoms with Gasteiger partial charge in [-0.1, -0.05) is 36.2 Å². The number of nitrogens with zero attached hydrogens (tertiary/aromatic N) is 3. The molecule has 2 aromatic heterocycles. The fraction of sp³-hybridized carbons (Fsp3) is 0.318. The van der Waals surface area contributed by atoms with Crippen LogP contribution in [0.5, 0.6) is 0 Å². The molecule has 1 saturated carbocycles. The predicted octanol–water partition coefficient (Wildman–Crippen LogP) is 4.53. The normalized spacial score (nSPS) is 16.2. The number of amides is 1. The smallest absolute Gasteiger partial charge is 0.231 e.